The number of halogens is 3. The highest BCUT2D eigenvalue weighted by Crippen LogP contribution is 2.24. The summed E-state index contributed by atoms with van der Waals surface area (Å²) in [4.78, 5) is 10.9. The predicted molar refractivity (Wildman–Crippen MR) is 93.5 cm³/mol. The number of rotatable bonds is 2. The zero-order chi connectivity index (χ0) is 15.1. The number of aromatic nitrogens is 4. The summed E-state index contributed by atoms with van der Waals surface area (Å²) in [6.45, 7) is 3.44. The van der Waals surface area contributed by atoms with Crippen molar-refractivity contribution in [3.63, 3.8) is 0 Å². The minimum Gasteiger partial charge on any atom is -0.324 e. The lowest BCUT2D eigenvalue weighted by Crippen LogP contribution is -2.43. The number of nitrogens with zero attached hydrogens (tertiary/aromatic N) is 5. The van der Waals surface area contributed by atoms with Crippen LogP contribution in [0.3, 0.4) is 0 Å². The van der Waals surface area contributed by atoms with Crippen LogP contribution in [0.5, 0.6) is 0 Å². The molecule has 0 atom stereocenters. The van der Waals surface area contributed by atoms with Gasteiger partial charge in [0.05, 0.1) is 11.0 Å². The van der Waals surface area contributed by atoms with Crippen molar-refractivity contribution in [1.82, 2.24) is 25.0 Å². The molecular weight excluding hydrogens is 358 g/mol. The van der Waals surface area contributed by atoms with Crippen LogP contribution >= 0.6 is 24.8 Å². The standard InChI is InChI=1S/C14H15FN6O.2ClH/c1-20-11-8-9(15)2-3-10(11)17-13(20)12-18-14(22-19-12)21-6-4-16-5-7-21;;/h2-3,8,16H,4-7H2,1H3;2*1H. The molecule has 0 unspecified atom stereocenters. The summed E-state index contributed by atoms with van der Waals surface area (Å²) in [6.07, 6.45) is 0. The van der Waals surface area contributed by atoms with Crippen LogP contribution in [0.2, 0.25) is 0 Å². The topological polar surface area (TPSA) is 72.0 Å². The van der Waals surface area contributed by atoms with Gasteiger partial charge in [-0.3, -0.25) is 0 Å². The number of hydrogen-bond acceptors (Lipinski definition) is 6. The van der Waals surface area contributed by atoms with Crippen LogP contribution in [0.15, 0.2) is 22.7 Å². The summed E-state index contributed by atoms with van der Waals surface area (Å²) in [6, 6.07) is 4.98. The third-order valence-corrected chi connectivity index (χ3v) is 3.85. The van der Waals surface area contributed by atoms with E-state index in [0.29, 0.717) is 28.7 Å². The molecule has 1 fully saturated rings. The Kier molecular flexibility index (Phi) is 5.63. The van der Waals surface area contributed by atoms with E-state index in [9.17, 15) is 4.39 Å². The van der Waals surface area contributed by atoms with E-state index in [-0.39, 0.29) is 30.6 Å². The van der Waals surface area contributed by atoms with Crippen molar-refractivity contribution in [1.29, 1.82) is 0 Å². The van der Waals surface area contributed by atoms with E-state index >= 15 is 0 Å². The number of anilines is 1. The zero-order valence-electron chi connectivity index (χ0n) is 12.9. The van der Waals surface area contributed by atoms with Crippen LogP contribution < -0.4 is 10.2 Å². The SMILES string of the molecule is Cl.Cl.Cn1c(-c2noc(N3CCNCC3)n2)nc2ccc(F)cc21. The Bertz CT molecular complexity index is 830. The van der Waals surface area contributed by atoms with Crippen LogP contribution in [0, 0.1) is 5.82 Å². The third kappa shape index (κ3) is 3.17. The second-order valence-corrected chi connectivity index (χ2v) is 5.27. The number of piperazine rings is 1. The fourth-order valence-electron chi connectivity index (χ4n) is 2.65. The van der Waals surface area contributed by atoms with Crippen LogP contribution in [0.4, 0.5) is 10.4 Å². The number of hydrogen-bond donors (Lipinski definition) is 1. The number of nitrogens with one attached hydrogen (secondary N) is 1. The number of benzene rings is 1. The van der Waals surface area contributed by atoms with Crippen molar-refractivity contribution >= 4 is 41.9 Å². The minimum atomic E-state index is -0.295. The van der Waals surface area contributed by atoms with Gasteiger partial charge < -0.3 is 19.3 Å². The van der Waals surface area contributed by atoms with Gasteiger partial charge in [0.25, 0.3) is 0 Å². The Morgan fingerprint density at radius 1 is 1.17 bits per heavy atom. The van der Waals surface area contributed by atoms with Crippen molar-refractivity contribution in [3.8, 4) is 11.6 Å². The maximum absolute atomic E-state index is 13.4. The largest absolute Gasteiger partial charge is 0.324 e. The van der Waals surface area contributed by atoms with Crippen molar-refractivity contribution in [2.75, 3.05) is 31.1 Å². The van der Waals surface area contributed by atoms with Gasteiger partial charge in [0, 0.05) is 33.2 Å². The van der Waals surface area contributed by atoms with Gasteiger partial charge in [-0.2, -0.15) is 4.98 Å². The monoisotopic (exact) mass is 374 g/mol. The van der Waals surface area contributed by atoms with Gasteiger partial charge in [-0.05, 0) is 18.2 Å². The highest BCUT2D eigenvalue weighted by atomic mass is 35.5. The molecule has 1 N–H and O–H groups in total. The molecule has 1 aliphatic rings. The molecule has 0 aliphatic carbocycles. The summed E-state index contributed by atoms with van der Waals surface area (Å²) < 4.78 is 20.5. The van der Waals surface area contributed by atoms with Gasteiger partial charge in [0.1, 0.15) is 5.82 Å². The molecule has 2 aromatic heterocycles. The second-order valence-electron chi connectivity index (χ2n) is 5.27. The molecule has 1 aromatic carbocycles. The summed E-state index contributed by atoms with van der Waals surface area (Å²) in [5, 5.41) is 7.29. The lowest BCUT2D eigenvalue weighted by molar-refractivity contribution is 0.405. The fourth-order valence-corrected chi connectivity index (χ4v) is 2.65. The molecule has 0 spiro atoms. The molecule has 3 aromatic rings. The Morgan fingerprint density at radius 3 is 2.67 bits per heavy atom. The molecule has 10 heteroatoms. The lowest BCUT2D eigenvalue weighted by Gasteiger charge is -2.24. The average Bonchev–Trinajstić information content (AvgIpc) is 3.14. The van der Waals surface area contributed by atoms with E-state index < -0.39 is 0 Å². The first kappa shape index (κ1) is 18.4. The summed E-state index contributed by atoms with van der Waals surface area (Å²) >= 11 is 0. The Morgan fingerprint density at radius 2 is 1.92 bits per heavy atom. The third-order valence-electron chi connectivity index (χ3n) is 3.85. The van der Waals surface area contributed by atoms with Gasteiger partial charge in [0.15, 0.2) is 5.82 Å². The van der Waals surface area contributed by atoms with Gasteiger partial charge in [-0.1, -0.05) is 5.16 Å². The first-order valence-corrected chi connectivity index (χ1v) is 7.14. The second kappa shape index (κ2) is 7.33. The van der Waals surface area contributed by atoms with E-state index in [0.717, 1.165) is 26.2 Å². The van der Waals surface area contributed by atoms with Crippen LogP contribution in [-0.2, 0) is 7.05 Å². The highest BCUT2D eigenvalue weighted by molar-refractivity contribution is 5.85. The Labute approximate surface area is 150 Å². The lowest BCUT2D eigenvalue weighted by atomic mass is 10.3. The van der Waals surface area contributed by atoms with Crippen molar-refractivity contribution in [2.24, 2.45) is 7.05 Å². The van der Waals surface area contributed by atoms with Gasteiger partial charge in [-0.15, -0.1) is 24.8 Å². The van der Waals surface area contributed by atoms with Gasteiger partial charge >= 0.3 is 6.01 Å². The quantitative estimate of drug-likeness (QED) is 0.739. The van der Waals surface area contributed by atoms with Crippen molar-refractivity contribution in [3.05, 3.63) is 24.0 Å². The van der Waals surface area contributed by atoms with Crippen LogP contribution in [0.25, 0.3) is 22.7 Å². The molecule has 7 nitrogen and oxygen atoms in total. The van der Waals surface area contributed by atoms with Crippen LogP contribution in [-0.4, -0.2) is 45.9 Å². The predicted octanol–water partition coefficient (Wildman–Crippen LogP) is 2.02. The average molecular weight is 375 g/mol. The molecular formula is C14H17Cl2FN6O. The van der Waals surface area contributed by atoms with E-state index in [2.05, 4.69) is 20.4 Å². The highest BCUT2D eigenvalue weighted by Gasteiger charge is 2.20. The first-order chi connectivity index (χ1) is 10.7. The zero-order valence-corrected chi connectivity index (χ0v) is 14.5. The Hall–Kier alpha value is -1.90. The van der Waals surface area contributed by atoms with E-state index in [1.54, 1.807) is 10.6 Å². The fraction of sp³-hybridized carbons (Fsp3) is 0.357. The maximum atomic E-state index is 13.4. The van der Waals surface area contributed by atoms with Gasteiger partial charge in [-0.25, -0.2) is 9.37 Å². The molecule has 24 heavy (non-hydrogen) atoms. The number of imidazole rings is 1. The summed E-state index contributed by atoms with van der Waals surface area (Å²) in [5.41, 5.74) is 1.40. The number of fused-ring (bicyclic) bond motifs is 1. The molecule has 0 radical (unpaired) electrons. The van der Waals surface area contributed by atoms with Crippen molar-refractivity contribution < 1.29 is 8.91 Å². The summed E-state index contributed by atoms with van der Waals surface area (Å²) in [7, 11) is 1.81. The molecule has 3 heterocycles. The molecule has 0 amide bonds. The van der Waals surface area contributed by atoms with E-state index in [1.165, 1.54) is 12.1 Å². The number of aryl methyl sites for hydroxylation is 1. The Balaban J connectivity index is 0.00000104. The summed E-state index contributed by atoms with van der Waals surface area (Å²) in [5.74, 6) is 0.676. The maximum Gasteiger partial charge on any atom is 0.324 e. The smallest absolute Gasteiger partial charge is 0.324 e. The molecule has 130 valence electrons. The normalized spacial score (nSPS) is 14.3. The van der Waals surface area contributed by atoms with E-state index in [1.807, 2.05) is 11.9 Å². The molecule has 0 bridgehead atoms. The molecule has 4 rings (SSSR count). The van der Waals surface area contributed by atoms with Crippen molar-refractivity contribution in [2.45, 2.75) is 0 Å². The van der Waals surface area contributed by atoms with Crippen LogP contribution in [0.1, 0.15) is 0 Å². The minimum absolute atomic E-state index is 0. The molecule has 0 saturated carbocycles. The molecule has 1 aliphatic heterocycles. The van der Waals surface area contributed by atoms with Gasteiger partial charge in [0.2, 0.25) is 5.82 Å². The first-order valence-electron chi connectivity index (χ1n) is 7.14. The molecule has 1 saturated heterocycles. The van der Waals surface area contributed by atoms with E-state index in [4.69, 9.17) is 4.52 Å².